The first kappa shape index (κ1) is 26.1. The lowest BCUT2D eigenvalue weighted by atomic mass is 10.1. The van der Waals surface area contributed by atoms with Gasteiger partial charge in [0, 0.05) is 21.9 Å². The first-order valence-electron chi connectivity index (χ1n) is 11.7. The number of anilines is 4. The summed E-state index contributed by atoms with van der Waals surface area (Å²) in [5, 5.41) is 19.2. The zero-order chi connectivity index (χ0) is 27.6. The number of methoxy groups -OCH3 is 1. The van der Waals surface area contributed by atoms with Gasteiger partial charge in [-0.3, -0.25) is 20.3 Å². The van der Waals surface area contributed by atoms with Crippen molar-refractivity contribution in [1.82, 2.24) is 0 Å². The maximum Gasteiger partial charge on any atom is 0.270 e. The van der Waals surface area contributed by atoms with Gasteiger partial charge in [0.2, 0.25) is 0 Å². The Hall–Kier alpha value is -4.55. The van der Waals surface area contributed by atoms with Crippen molar-refractivity contribution in [3.05, 3.63) is 101 Å². The molecule has 1 aliphatic rings. The van der Waals surface area contributed by atoms with Gasteiger partial charge in [-0.2, -0.15) is 5.10 Å². The van der Waals surface area contributed by atoms with Crippen LogP contribution in [0.15, 0.2) is 105 Å². The van der Waals surface area contributed by atoms with E-state index in [9.17, 15) is 18.5 Å². The van der Waals surface area contributed by atoms with Crippen molar-refractivity contribution in [3.63, 3.8) is 0 Å². The highest BCUT2D eigenvalue weighted by Gasteiger charge is 2.24. The summed E-state index contributed by atoms with van der Waals surface area (Å²) in [7, 11) is -2.85. The average Bonchev–Trinajstić information content (AvgIpc) is 2.94. The van der Waals surface area contributed by atoms with Gasteiger partial charge in [-0.15, -0.1) is 0 Å². The van der Waals surface area contributed by atoms with Crippen LogP contribution in [0.2, 0.25) is 0 Å². The molecule has 0 fully saturated rings. The van der Waals surface area contributed by atoms with Crippen LogP contribution in [-0.2, 0) is 10.0 Å². The van der Waals surface area contributed by atoms with Crippen molar-refractivity contribution >= 4 is 55.9 Å². The molecular formula is C27H23N5O5S2. The highest BCUT2D eigenvalue weighted by Crippen LogP contribution is 2.44. The third-order valence-corrected chi connectivity index (χ3v) is 8.49. The molecule has 12 heteroatoms. The van der Waals surface area contributed by atoms with Crippen molar-refractivity contribution < 1.29 is 18.1 Å². The summed E-state index contributed by atoms with van der Waals surface area (Å²) < 4.78 is 34.4. The molecule has 0 saturated heterocycles. The molecule has 4 aromatic carbocycles. The van der Waals surface area contributed by atoms with Crippen molar-refractivity contribution in [2.45, 2.75) is 21.6 Å². The predicted molar refractivity (Wildman–Crippen MR) is 153 cm³/mol. The second kappa shape index (κ2) is 10.7. The SMILES string of the molecule is COc1ccccc1NS(=O)(=O)c1cc([N+](=O)[O-])ccc1N/N=C(/C)c1ccc2c(c1)Nc1ccccc1S2. The minimum absolute atomic E-state index is 0.0721. The van der Waals surface area contributed by atoms with Crippen molar-refractivity contribution in [3.8, 4) is 5.75 Å². The minimum Gasteiger partial charge on any atom is -0.495 e. The summed E-state index contributed by atoms with van der Waals surface area (Å²) in [5.74, 6) is 0.302. The van der Waals surface area contributed by atoms with E-state index in [0.29, 0.717) is 11.5 Å². The molecule has 0 spiro atoms. The van der Waals surface area contributed by atoms with Crippen molar-refractivity contribution in [2.75, 3.05) is 22.6 Å². The zero-order valence-corrected chi connectivity index (χ0v) is 22.5. The second-order valence-corrected chi connectivity index (χ2v) is 11.2. The maximum absolute atomic E-state index is 13.4. The fourth-order valence-electron chi connectivity index (χ4n) is 3.94. The Bertz CT molecular complexity index is 1720. The normalized spacial score (nSPS) is 12.5. The van der Waals surface area contributed by atoms with E-state index >= 15 is 0 Å². The number of nitro groups is 1. The summed E-state index contributed by atoms with van der Waals surface area (Å²) in [6, 6.07) is 23.9. The van der Waals surface area contributed by atoms with E-state index in [4.69, 9.17) is 4.74 Å². The van der Waals surface area contributed by atoms with Gasteiger partial charge in [0.15, 0.2) is 0 Å². The molecule has 39 heavy (non-hydrogen) atoms. The zero-order valence-electron chi connectivity index (χ0n) is 20.8. The van der Waals surface area contributed by atoms with Crippen molar-refractivity contribution in [1.29, 1.82) is 0 Å². The van der Waals surface area contributed by atoms with E-state index in [0.717, 1.165) is 32.8 Å². The number of hydrazone groups is 1. The number of benzene rings is 4. The molecule has 0 saturated carbocycles. The van der Waals surface area contributed by atoms with Crippen LogP contribution in [0.4, 0.5) is 28.4 Å². The Kier molecular flexibility index (Phi) is 7.13. The third-order valence-electron chi connectivity index (χ3n) is 5.93. The summed E-state index contributed by atoms with van der Waals surface area (Å²) in [4.78, 5) is 12.6. The number of nitrogens with one attached hydrogen (secondary N) is 3. The Morgan fingerprint density at radius 1 is 0.949 bits per heavy atom. The Morgan fingerprint density at radius 2 is 1.69 bits per heavy atom. The first-order chi connectivity index (χ1) is 18.7. The van der Waals surface area contributed by atoms with Gasteiger partial charge in [0.1, 0.15) is 10.6 Å². The molecule has 4 aromatic rings. The van der Waals surface area contributed by atoms with E-state index < -0.39 is 14.9 Å². The van der Waals surface area contributed by atoms with E-state index in [-0.39, 0.29) is 22.0 Å². The molecule has 0 aromatic heterocycles. The number of non-ortho nitro benzene ring substituents is 1. The lowest BCUT2D eigenvalue weighted by Gasteiger charge is -2.21. The highest BCUT2D eigenvalue weighted by molar-refractivity contribution is 7.99. The van der Waals surface area contributed by atoms with E-state index in [1.54, 1.807) is 36.9 Å². The largest absolute Gasteiger partial charge is 0.495 e. The van der Waals surface area contributed by atoms with Crippen LogP contribution in [0, 0.1) is 10.1 Å². The van der Waals surface area contributed by atoms with Crippen LogP contribution in [0.5, 0.6) is 5.75 Å². The quantitative estimate of drug-likeness (QED) is 0.112. The van der Waals surface area contributed by atoms with E-state index in [1.165, 1.54) is 25.3 Å². The highest BCUT2D eigenvalue weighted by atomic mass is 32.2. The molecule has 3 N–H and O–H groups in total. The molecular weight excluding hydrogens is 538 g/mol. The molecule has 0 amide bonds. The number of para-hydroxylation sites is 3. The number of rotatable bonds is 8. The molecule has 198 valence electrons. The topological polar surface area (TPSA) is 135 Å². The smallest absolute Gasteiger partial charge is 0.270 e. The minimum atomic E-state index is -4.26. The average molecular weight is 562 g/mol. The lowest BCUT2D eigenvalue weighted by Crippen LogP contribution is -2.16. The summed E-state index contributed by atoms with van der Waals surface area (Å²) >= 11 is 1.67. The number of hydrogen-bond acceptors (Lipinski definition) is 9. The molecule has 10 nitrogen and oxygen atoms in total. The van der Waals surface area contributed by atoms with Gasteiger partial charge < -0.3 is 10.1 Å². The summed E-state index contributed by atoms with van der Waals surface area (Å²) in [6.45, 7) is 1.78. The number of nitro benzene ring substituents is 1. The van der Waals surface area contributed by atoms with Crippen molar-refractivity contribution in [2.24, 2.45) is 5.10 Å². The lowest BCUT2D eigenvalue weighted by molar-refractivity contribution is -0.385. The number of nitrogens with zero attached hydrogens (tertiary/aromatic N) is 2. The Balaban J connectivity index is 1.44. The molecule has 1 heterocycles. The second-order valence-electron chi connectivity index (χ2n) is 8.49. The number of ether oxygens (including phenoxy) is 1. The molecule has 0 unspecified atom stereocenters. The summed E-state index contributed by atoms with van der Waals surface area (Å²) in [5.41, 5.74) is 6.02. The van der Waals surface area contributed by atoms with Gasteiger partial charge in [0.05, 0.1) is 40.5 Å². The maximum atomic E-state index is 13.4. The molecule has 1 aliphatic heterocycles. The Morgan fingerprint density at radius 3 is 2.49 bits per heavy atom. The third kappa shape index (κ3) is 5.52. The molecule has 0 aliphatic carbocycles. The molecule has 5 rings (SSSR count). The monoisotopic (exact) mass is 561 g/mol. The summed E-state index contributed by atoms with van der Waals surface area (Å²) in [6.07, 6.45) is 0. The van der Waals surface area contributed by atoms with E-state index in [1.807, 2.05) is 36.4 Å². The van der Waals surface area contributed by atoms with Gasteiger partial charge in [-0.05, 0) is 55.0 Å². The number of fused-ring (bicyclic) bond motifs is 2. The van der Waals surface area contributed by atoms with E-state index in [2.05, 4.69) is 26.6 Å². The van der Waals surface area contributed by atoms with Crippen LogP contribution >= 0.6 is 11.8 Å². The van der Waals surface area contributed by atoms with Crippen LogP contribution in [0.3, 0.4) is 0 Å². The molecule has 0 bridgehead atoms. The molecule has 0 radical (unpaired) electrons. The van der Waals surface area contributed by atoms with Gasteiger partial charge in [-0.1, -0.05) is 42.1 Å². The van der Waals surface area contributed by atoms with Crippen LogP contribution in [-0.4, -0.2) is 26.2 Å². The van der Waals surface area contributed by atoms with Crippen LogP contribution in [0.25, 0.3) is 0 Å². The number of hydrogen-bond donors (Lipinski definition) is 3. The standard InChI is InChI=1S/C27H23N5O5S2/c1-17(18-11-14-26-23(15-18)28-21-8-4-6-10-25(21)38-26)29-30-22-13-12-19(32(33)34)16-27(22)39(35,36)31-20-7-3-5-9-24(20)37-2/h3-16,28,30-31H,1-2H3/b29-17-. The Labute approximate surface area is 229 Å². The fraction of sp³-hybridized carbons (Fsp3) is 0.0741. The fourth-order valence-corrected chi connectivity index (χ4v) is 6.16. The number of sulfonamides is 1. The van der Waals surface area contributed by atoms with Gasteiger partial charge >= 0.3 is 0 Å². The van der Waals surface area contributed by atoms with Gasteiger partial charge in [-0.25, -0.2) is 8.42 Å². The molecule has 0 atom stereocenters. The predicted octanol–water partition coefficient (Wildman–Crippen LogP) is 6.45. The van der Waals surface area contributed by atoms with Gasteiger partial charge in [0.25, 0.3) is 15.7 Å². The van der Waals surface area contributed by atoms with Crippen LogP contribution < -0.4 is 20.2 Å². The van der Waals surface area contributed by atoms with Crippen LogP contribution in [0.1, 0.15) is 12.5 Å². The first-order valence-corrected chi connectivity index (χ1v) is 14.0.